The van der Waals surface area contributed by atoms with Gasteiger partial charge in [0.15, 0.2) is 22.8 Å². The number of H-pyrrole nitrogens is 1. The van der Waals surface area contributed by atoms with Crippen LogP contribution in [0.4, 0.5) is 19.6 Å². The number of carbonyl (C=O) groups is 1. The number of hydrogen-bond donors (Lipinski definition) is 1. The van der Waals surface area contributed by atoms with Crippen LogP contribution in [0.25, 0.3) is 22.2 Å². The first kappa shape index (κ1) is 30.0. The van der Waals surface area contributed by atoms with Gasteiger partial charge in [-0.1, -0.05) is 36.5 Å². The van der Waals surface area contributed by atoms with E-state index in [2.05, 4.69) is 41.8 Å². The molecule has 0 radical (unpaired) electrons. The highest BCUT2D eigenvalue weighted by molar-refractivity contribution is 9.11. The van der Waals surface area contributed by atoms with E-state index in [1.165, 1.54) is 0 Å². The van der Waals surface area contributed by atoms with E-state index in [1.54, 1.807) is 21.9 Å². The Morgan fingerprint density at radius 1 is 1.23 bits per heavy atom. The molecule has 3 heterocycles. The molecule has 1 saturated heterocycles. The molecule has 39 heavy (non-hydrogen) atoms. The van der Waals surface area contributed by atoms with E-state index in [0.717, 1.165) is 22.8 Å². The Morgan fingerprint density at radius 3 is 2.67 bits per heavy atom. The second-order valence-electron chi connectivity index (χ2n) is 8.67. The number of hydrogen-bond acceptors (Lipinski definition) is 7. The number of aromatic amines is 1. The van der Waals surface area contributed by atoms with Crippen LogP contribution in [0.15, 0.2) is 29.9 Å². The molecule has 1 fully saturated rings. The number of nitrogens with zero attached hydrogens (tertiary/aromatic N) is 3. The number of fused-ring (bicyclic) bond motifs is 2. The molecule has 0 aliphatic carbocycles. The number of nitrogens with one attached hydrogen (secondary N) is 1. The maximum atomic E-state index is 14.2. The number of amides is 1. The lowest BCUT2D eigenvalue weighted by atomic mass is 10.2. The van der Waals surface area contributed by atoms with E-state index in [4.69, 9.17) is 49.0 Å². The van der Waals surface area contributed by atoms with Crippen molar-refractivity contribution in [3.8, 4) is 0 Å². The Kier molecular flexibility index (Phi) is 9.79. The van der Waals surface area contributed by atoms with Crippen molar-refractivity contribution in [2.45, 2.75) is 32.7 Å². The molecule has 1 aliphatic heterocycles. The van der Waals surface area contributed by atoms with Crippen molar-refractivity contribution in [2.24, 2.45) is 0 Å². The number of oxazole rings is 2. The molecule has 2 aromatic heterocycles. The van der Waals surface area contributed by atoms with Gasteiger partial charge >= 0.3 is 6.09 Å². The van der Waals surface area contributed by atoms with E-state index in [1.807, 2.05) is 13.8 Å². The molecule has 1 aliphatic rings. The number of unbranched alkanes of at least 4 members (excludes halogenated alkanes) is 1. The van der Waals surface area contributed by atoms with E-state index in [-0.39, 0.29) is 33.7 Å². The molecule has 1 amide bonds. The molecular formula is C24H22Br2Cl2F2N4O4S. The molecule has 5 rings (SSSR count). The smallest absolute Gasteiger partial charge is 0.409 e. The van der Waals surface area contributed by atoms with Gasteiger partial charge in [0, 0.05) is 30.7 Å². The topological polar surface area (TPSA) is 87.7 Å². The summed E-state index contributed by atoms with van der Waals surface area (Å²) in [6.07, 6.45) is 1.42. The van der Waals surface area contributed by atoms with Crippen LogP contribution in [0, 0.1) is 16.5 Å². The summed E-state index contributed by atoms with van der Waals surface area (Å²) in [4.78, 5) is 22.9. The zero-order valence-electron chi connectivity index (χ0n) is 20.6. The largest absolute Gasteiger partial charge is 0.449 e. The first-order chi connectivity index (χ1) is 18.5. The van der Waals surface area contributed by atoms with Gasteiger partial charge < -0.3 is 28.4 Å². The molecule has 1 N–H and O–H groups in total. The lowest BCUT2D eigenvalue weighted by Gasteiger charge is -2.38. The van der Waals surface area contributed by atoms with Gasteiger partial charge in [-0.25, -0.2) is 13.6 Å². The average Bonchev–Trinajstić information content (AvgIpc) is 3.50. The fourth-order valence-electron chi connectivity index (χ4n) is 3.91. The van der Waals surface area contributed by atoms with Crippen LogP contribution in [0.1, 0.15) is 26.7 Å². The van der Waals surface area contributed by atoms with Gasteiger partial charge in [0.05, 0.1) is 16.6 Å². The number of piperazine rings is 1. The summed E-state index contributed by atoms with van der Waals surface area (Å²) in [5.74, 6) is -1.90. The molecule has 15 heteroatoms. The first-order valence-electron chi connectivity index (χ1n) is 11.8. The number of halogens is 6. The Balaban J connectivity index is 0.000000243. The molecule has 4 aromatic rings. The van der Waals surface area contributed by atoms with Crippen LogP contribution in [0.3, 0.4) is 0 Å². The minimum absolute atomic E-state index is 0.0435. The van der Waals surface area contributed by atoms with E-state index < -0.39 is 16.7 Å². The van der Waals surface area contributed by atoms with E-state index in [0.29, 0.717) is 41.7 Å². The lowest BCUT2D eigenvalue weighted by Crippen LogP contribution is -2.54. The summed E-state index contributed by atoms with van der Waals surface area (Å²) >= 11 is 22.6. The maximum Gasteiger partial charge on any atom is 0.409 e. The van der Waals surface area contributed by atoms with Gasteiger partial charge in [-0.2, -0.15) is 4.98 Å². The Morgan fingerprint density at radius 2 is 1.97 bits per heavy atom. The molecular weight excluding hydrogens is 709 g/mol. The Bertz CT molecular complexity index is 1540. The van der Waals surface area contributed by atoms with Crippen molar-refractivity contribution in [2.75, 3.05) is 31.1 Å². The molecule has 0 spiro atoms. The highest BCUT2D eigenvalue weighted by Gasteiger charge is 2.32. The third kappa shape index (κ3) is 6.53. The second kappa shape index (κ2) is 12.7. The number of carbonyl (C=O) groups excluding carboxylic acids is 1. The Labute approximate surface area is 253 Å². The summed E-state index contributed by atoms with van der Waals surface area (Å²) < 4.78 is 44.9. The van der Waals surface area contributed by atoms with Gasteiger partial charge in [0.1, 0.15) is 15.0 Å². The van der Waals surface area contributed by atoms with Gasteiger partial charge in [0.25, 0.3) is 10.9 Å². The predicted octanol–water partition coefficient (Wildman–Crippen LogP) is 8.88. The minimum atomic E-state index is -0.965. The highest BCUT2D eigenvalue weighted by Crippen LogP contribution is 2.37. The number of rotatable bonds is 4. The Hall–Kier alpha value is -1.93. The fourth-order valence-corrected chi connectivity index (χ4v) is 5.76. The molecule has 210 valence electrons. The zero-order chi connectivity index (χ0) is 28.4. The van der Waals surface area contributed by atoms with Gasteiger partial charge in [-0.15, -0.1) is 0 Å². The number of benzene rings is 2. The molecule has 1 atom stereocenters. The summed E-state index contributed by atoms with van der Waals surface area (Å²) in [6.45, 7) is 5.55. The van der Waals surface area contributed by atoms with Crippen molar-refractivity contribution in [3.05, 3.63) is 47.6 Å². The van der Waals surface area contributed by atoms with Crippen molar-refractivity contribution >= 4 is 102 Å². The van der Waals surface area contributed by atoms with Crippen LogP contribution >= 0.6 is 67.3 Å². The SMILES string of the molecule is CCCCOC(=O)N1CCN(c2nc3c(F)c(Cl)c(F)c(Br)c3o2)C(C)C1.S=c1[nH]c2cc(Cl)cc(Br)c2o1. The molecule has 0 bridgehead atoms. The summed E-state index contributed by atoms with van der Waals surface area (Å²) in [7, 11) is 0. The van der Waals surface area contributed by atoms with Crippen molar-refractivity contribution in [1.29, 1.82) is 0 Å². The molecule has 2 aromatic carbocycles. The van der Waals surface area contributed by atoms with Gasteiger partial charge in [-0.05, 0) is 69.6 Å². The van der Waals surface area contributed by atoms with Crippen molar-refractivity contribution in [1.82, 2.24) is 14.9 Å². The van der Waals surface area contributed by atoms with E-state index >= 15 is 0 Å². The predicted molar refractivity (Wildman–Crippen MR) is 155 cm³/mol. The second-order valence-corrected chi connectivity index (χ2v) is 11.5. The van der Waals surface area contributed by atoms with E-state index in [9.17, 15) is 13.6 Å². The highest BCUT2D eigenvalue weighted by atomic mass is 79.9. The molecule has 1 unspecified atom stereocenters. The number of anilines is 1. The minimum Gasteiger partial charge on any atom is -0.449 e. The molecule has 0 saturated carbocycles. The summed E-state index contributed by atoms with van der Waals surface area (Å²) in [5, 5.41) is 0.00309. The zero-order valence-corrected chi connectivity index (χ0v) is 26.1. The lowest BCUT2D eigenvalue weighted by molar-refractivity contribution is 0.0939. The number of ether oxygens (including phenoxy) is 1. The first-order valence-corrected chi connectivity index (χ1v) is 14.6. The fraction of sp³-hybridized carbons (Fsp3) is 0.375. The van der Waals surface area contributed by atoms with Crippen molar-refractivity contribution in [3.63, 3.8) is 0 Å². The quantitative estimate of drug-likeness (QED) is 0.0972. The third-order valence-electron chi connectivity index (χ3n) is 5.90. The van der Waals surface area contributed by atoms with Crippen LogP contribution in [0.2, 0.25) is 10.0 Å². The summed E-state index contributed by atoms with van der Waals surface area (Å²) in [6, 6.07) is 3.53. The molecule has 8 nitrogen and oxygen atoms in total. The average molecular weight is 731 g/mol. The normalized spacial score (nSPS) is 15.5. The van der Waals surface area contributed by atoms with Crippen LogP contribution in [0.5, 0.6) is 0 Å². The third-order valence-corrected chi connectivity index (χ3v) is 7.93. The standard InChI is InChI=1S/C17H19BrClF2N3O3.C7H3BrClNOS/c1-3-4-7-26-17(25)23-5-6-24(9(2)8-23)16-22-14-13(21)11(19)12(20)10(18)15(14)27-16;8-4-1-3(9)2-5-6(4)11-7(12)10-5/h9H,3-8H2,1-2H3;1-2H,(H,10,12). The van der Waals surface area contributed by atoms with Crippen LogP contribution in [-0.4, -0.2) is 53.2 Å². The van der Waals surface area contributed by atoms with Crippen molar-refractivity contribution < 1.29 is 27.1 Å². The van der Waals surface area contributed by atoms with Gasteiger partial charge in [0.2, 0.25) is 0 Å². The van der Waals surface area contributed by atoms with Crippen LogP contribution in [-0.2, 0) is 4.74 Å². The van der Waals surface area contributed by atoms with Gasteiger partial charge in [-0.3, -0.25) is 0 Å². The monoisotopic (exact) mass is 728 g/mol. The van der Waals surface area contributed by atoms with Crippen LogP contribution < -0.4 is 4.90 Å². The maximum absolute atomic E-state index is 14.2. The summed E-state index contributed by atoms with van der Waals surface area (Å²) in [5.41, 5.74) is 1.32. The number of aromatic nitrogens is 2.